The number of aromatic nitrogens is 1. The third-order valence-corrected chi connectivity index (χ3v) is 6.52. The Kier molecular flexibility index (Phi) is 6.11. The van der Waals surface area contributed by atoms with Gasteiger partial charge in [0.25, 0.3) is 5.91 Å². The number of nitrogens with zero attached hydrogens (tertiary/aromatic N) is 2. The van der Waals surface area contributed by atoms with E-state index in [0.717, 1.165) is 17.8 Å². The average molecular weight is 451 g/mol. The van der Waals surface area contributed by atoms with Crippen molar-refractivity contribution < 1.29 is 14.3 Å². The van der Waals surface area contributed by atoms with Crippen LogP contribution in [-0.2, 0) is 24.8 Å². The molecule has 5 nitrogen and oxygen atoms in total. The molecule has 0 saturated heterocycles. The standard InChI is InChI=1S/C26H27ClN2O3/c1-5-32-26(31)22-14-24(28(4)17(22)3)23-13-20(27)10-11-21(23)25(30)29-15-19-9-7-6-8-18(19)12-16(29)2/h6-11,13-14,16H,5,12,15H2,1-4H3/t16-/m1/s1. The molecular weight excluding hydrogens is 424 g/mol. The molecule has 1 amide bonds. The molecule has 0 bridgehead atoms. The highest BCUT2D eigenvalue weighted by molar-refractivity contribution is 6.31. The van der Waals surface area contributed by atoms with Crippen LogP contribution in [0.15, 0.2) is 48.5 Å². The van der Waals surface area contributed by atoms with Crippen molar-refractivity contribution in [2.45, 2.75) is 39.8 Å². The van der Waals surface area contributed by atoms with Crippen LogP contribution in [0.3, 0.4) is 0 Å². The molecule has 2 heterocycles. The van der Waals surface area contributed by atoms with Gasteiger partial charge < -0.3 is 14.2 Å². The number of carbonyl (C=O) groups is 2. The van der Waals surface area contributed by atoms with E-state index in [2.05, 4.69) is 19.1 Å². The monoisotopic (exact) mass is 450 g/mol. The number of hydrogen-bond donors (Lipinski definition) is 0. The number of halogens is 1. The minimum Gasteiger partial charge on any atom is -0.462 e. The number of amides is 1. The summed E-state index contributed by atoms with van der Waals surface area (Å²) >= 11 is 6.34. The third kappa shape index (κ3) is 3.93. The fourth-order valence-electron chi connectivity index (χ4n) is 4.39. The van der Waals surface area contributed by atoms with Crippen LogP contribution in [-0.4, -0.2) is 34.0 Å². The summed E-state index contributed by atoms with van der Waals surface area (Å²) in [4.78, 5) is 28.1. The summed E-state index contributed by atoms with van der Waals surface area (Å²) in [6.07, 6.45) is 0.821. The van der Waals surface area contributed by atoms with Crippen molar-refractivity contribution in [3.05, 3.63) is 81.5 Å². The minimum atomic E-state index is -0.372. The highest BCUT2D eigenvalue weighted by Gasteiger charge is 2.30. The van der Waals surface area contributed by atoms with Crippen molar-refractivity contribution in [2.24, 2.45) is 7.05 Å². The zero-order valence-electron chi connectivity index (χ0n) is 18.8. The second-order valence-electron chi connectivity index (χ2n) is 8.25. The largest absolute Gasteiger partial charge is 0.462 e. The molecule has 0 N–H and O–H groups in total. The number of rotatable bonds is 4. The van der Waals surface area contributed by atoms with Crippen LogP contribution in [0.1, 0.15) is 51.4 Å². The molecule has 0 spiro atoms. The summed E-state index contributed by atoms with van der Waals surface area (Å²) in [5.74, 6) is -0.418. The van der Waals surface area contributed by atoms with Crippen molar-refractivity contribution in [1.82, 2.24) is 9.47 Å². The summed E-state index contributed by atoms with van der Waals surface area (Å²) < 4.78 is 7.11. The molecule has 0 unspecified atom stereocenters. The minimum absolute atomic E-state index is 0.0461. The van der Waals surface area contributed by atoms with E-state index in [4.69, 9.17) is 16.3 Å². The first-order valence-electron chi connectivity index (χ1n) is 10.8. The van der Waals surface area contributed by atoms with Gasteiger partial charge in [0.2, 0.25) is 0 Å². The van der Waals surface area contributed by atoms with Gasteiger partial charge in [-0.05, 0) is 62.6 Å². The van der Waals surface area contributed by atoms with Gasteiger partial charge in [-0.3, -0.25) is 4.79 Å². The summed E-state index contributed by atoms with van der Waals surface area (Å²) in [7, 11) is 1.88. The Morgan fingerprint density at radius 3 is 2.53 bits per heavy atom. The van der Waals surface area contributed by atoms with E-state index in [1.54, 1.807) is 31.2 Å². The van der Waals surface area contributed by atoms with Crippen molar-refractivity contribution in [1.29, 1.82) is 0 Å². The lowest BCUT2D eigenvalue weighted by atomic mass is 9.93. The van der Waals surface area contributed by atoms with Gasteiger partial charge in [0.15, 0.2) is 0 Å². The molecule has 1 aliphatic heterocycles. The smallest absolute Gasteiger partial charge is 0.339 e. The van der Waals surface area contributed by atoms with Gasteiger partial charge in [-0.25, -0.2) is 4.79 Å². The second kappa shape index (κ2) is 8.83. The van der Waals surface area contributed by atoms with Gasteiger partial charge in [-0.1, -0.05) is 35.9 Å². The number of esters is 1. The van der Waals surface area contributed by atoms with E-state index in [1.165, 1.54) is 11.1 Å². The topological polar surface area (TPSA) is 51.5 Å². The lowest BCUT2D eigenvalue weighted by molar-refractivity contribution is 0.0525. The van der Waals surface area contributed by atoms with Crippen LogP contribution >= 0.6 is 11.6 Å². The maximum atomic E-state index is 13.7. The van der Waals surface area contributed by atoms with Crippen LogP contribution in [0.25, 0.3) is 11.3 Å². The Bertz CT molecular complexity index is 1200. The molecule has 0 radical (unpaired) electrons. The van der Waals surface area contributed by atoms with Gasteiger partial charge in [0.05, 0.1) is 12.2 Å². The number of benzene rings is 2. The fraction of sp³-hybridized carbons (Fsp3) is 0.308. The maximum Gasteiger partial charge on any atom is 0.339 e. The van der Waals surface area contributed by atoms with Crippen LogP contribution in [0.5, 0.6) is 0 Å². The van der Waals surface area contributed by atoms with Gasteiger partial charge in [-0.2, -0.15) is 0 Å². The lowest BCUT2D eigenvalue weighted by Gasteiger charge is -2.35. The van der Waals surface area contributed by atoms with Crippen molar-refractivity contribution in [3.63, 3.8) is 0 Å². The van der Waals surface area contributed by atoms with E-state index in [-0.39, 0.29) is 17.9 Å². The molecule has 3 aromatic rings. The second-order valence-corrected chi connectivity index (χ2v) is 8.69. The van der Waals surface area contributed by atoms with E-state index < -0.39 is 0 Å². The first kappa shape index (κ1) is 22.2. The summed E-state index contributed by atoms with van der Waals surface area (Å²) in [6, 6.07) is 15.4. The Balaban J connectivity index is 1.76. The molecular formula is C26H27ClN2O3. The highest BCUT2D eigenvalue weighted by Crippen LogP contribution is 2.33. The summed E-state index contributed by atoms with van der Waals surface area (Å²) in [6.45, 7) is 6.60. The van der Waals surface area contributed by atoms with Gasteiger partial charge in [0, 0.05) is 47.2 Å². The third-order valence-electron chi connectivity index (χ3n) is 6.29. The molecule has 6 heteroatoms. The number of fused-ring (bicyclic) bond motifs is 1. The van der Waals surface area contributed by atoms with E-state index >= 15 is 0 Å². The molecule has 1 atom stereocenters. The SMILES string of the molecule is CCOC(=O)c1cc(-c2cc(Cl)ccc2C(=O)N2Cc3ccccc3C[C@H]2C)n(C)c1C. The van der Waals surface area contributed by atoms with Crippen LogP contribution in [0, 0.1) is 6.92 Å². The number of ether oxygens (including phenoxy) is 1. The first-order chi connectivity index (χ1) is 15.3. The molecule has 1 aromatic heterocycles. The quantitative estimate of drug-likeness (QED) is 0.499. The predicted molar refractivity (Wildman–Crippen MR) is 126 cm³/mol. The van der Waals surface area contributed by atoms with Crippen LogP contribution < -0.4 is 0 Å². The lowest BCUT2D eigenvalue weighted by Crippen LogP contribution is -2.42. The summed E-state index contributed by atoms with van der Waals surface area (Å²) in [5.41, 5.74) is 5.75. The van der Waals surface area contributed by atoms with Gasteiger partial charge in [0.1, 0.15) is 0 Å². The maximum absolute atomic E-state index is 13.7. The average Bonchev–Trinajstić information content (AvgIpc) is 3.07. The van der Waals surface area contributed by atoms with Gasteiger partial charge >= 0.3 is 5.97 Å². The van der Waals surface area contributed by atoms with Crippen LogP contribution in [0.2, 0.25) is 5.02 Å². The molecule has 0 saturated carbocycles. The zero-order chi connectivity index (χ0) is 23.0. The fourth-order valence-corrected chi connectivity index (χ4v) is 4.57. The predicted octanol–water partition coefficient (Wildman–Crippen LogP) is 5.42. The number of hydrogen-bond acceptors (Lipinski definition) is 3. The molecule has 166 valence electrons. The van der Waals surface area contributed by atoms with E-state index in [1.807, 2.05) is 35.6 Å². The van der Waals surface area contributed by atoms with E-state index in [9.17, 15) is 9.59 Å². The molecule has 2 aromatic carbocycles. The van der Waals surface area contributed by atoms with Crippen molar-refractivity contribution >= 4 is 23.5 Å². The molecule has 1 aliphatic rings. The zero-order valence-corrected chi connectivity index (χ0v) is 19.6. The first-order valence-corrected chi connectivity index (χ1v) is 11.2. The Morgan fingerprint density at radius 1 is 1.09 bits per heavy atom. The van der Waals surface area contributed by atoms with Crippen molar-refractivity contribution in [3.8, 4) is 11.3 Å². The molecule has 32 heavy (non-hydrogen) atoms. The van der Waals surface area contributed by atoms with Gasteiger partial charge in [-0.15, -0.1) is 0 Å². The Morgan fingerprint density at radius 2 is 1.81 bits per heavy atom. The molecule has 0 fully saturated rings. The summed E-state index contributed by atoms with van der Waals surface area (Å²) in [5, 5.41) is 0.533. The number of carbonyl (C=O) groups excluding carboxylic acids is 2. The highest BCUT2D eigenvalue weighted by atomic mass is 35.5. The Hall–Kier alpha value is -3.05. The Labute approximate surface area is 193 Å². The molecule has 0 aliphatic carbocycles. The van der Waals surface area contributed by atoms with E-state index in [0.29, 0.717) is 34.9 Å². The van der Waals surface area contributed by atoms with Crippen molar-refractivity contribution in [2.75, 3.05) is 6.61 Å². The molecule has 4 rings (SSSR count). The van der Waals surface area contributed by atoms with Crippen LogP contribution in [0.4, 0.5) is 0 Å². The normalized spacial score (nSPS) is 15.4.